The van der Waals surface area contributed by atoms with Gasteiger partial charge in [0.25, 0.3) is 0 Å². The van der Waals surface area contributed by atoms with Crippen LogP contribution in [-0.4, -0.2) is 58.4 Å². The van der Waals surface area contributed by atoms with Gasteiger partial charge in [-0.2, -0.15) is 0 Å². The molecule has 1 heterocycles. The van der Waals surface area contributed by atoms with Crippen LogP contribution in [0.15, 0.2) is 65.8 Å². The summed E-state index contributed by atoms with van der Waals surface area (Å²) in [6.07, 6.45) is -6.30. The SMILES string of the molecule is CO[C@H]1O[C@H](C(=O)C(O)c2ccccc2)[C@@H](O)[C@@H](N=[N+]=[N-])[C@]1(O)Cc1ccccc1. The van der Waals surface area contributed by atoms with Crippen molar-refractivity contribution in [2.24, 2.45) is 5.11 Å². The molecule has 1 aliphatic heterocycles. The van der Waals surface area contributed by atoms with E-state index in [9.17, 15) is 20.1 Å². The van der Waals surface area contributed by atoms with E-state index in [1.54, 1.807) is 60.7 Å². The van der Waals surface area contributed by atoms with Gasteiger partial charge in [-0.25, -0.2) is 0 Å². The number of ether oxygens (including phenoxy) is 2. The van der Waals surface area contributed by atoms with Crippen molar-refractivity contribution in [3.63, 3.8) is 0 Å². The predicted octanol–water partition coefficient (Wildman–Crippen LogP) is 1.67. The highest BCUT2D eigenvalue weighted by Gasteiger charge is 2.57. The number of methoxy groups -OCH3 is 1. The first-order chi connectivity index (χ1) is 14.4. The fourth-order valence-electron chi connectivity index (χ4n) is 3.72. The lowest BCUT2D eigenvalue weighted by Gasteiger charge is -2.48. The van der Waals surface area contributed by atoms with Gasteiger partial charge in [-0.05, 0) is 16.7 Å². The molecule has 1 unspecified atom stereocenters. The maximum Gasteiger partial charge on any atom is 0.197 e. The second-order valence-electron chi connectivity index (χ2n) is 7.13. The van der Waals surface area contributed by atoms with E-state index in [0.29, 0.717) is 11.1 Å². The summed E-state index contributed by atoms with van der Waals surface area (Å²) in [6.45, 7) is 0. The van der Waals surface area contributed by atoms with Crippen molar-refractivity contribution in [1.29, 1.82) is 0 Å². The Bertz CT molecular complexity index is 905. The van der Waals surface area contributed by atoms with E-state index in [-0.39, 0.29) is 6.42 Å². The highest BCUT2D eigenvalue weighted by molar-refractivity contribution is 5.89. The fraction of sp³-hybridized carbons (Fsp3) is 0.381. The largest absolute Gasteiger partial charge is 0.389 e. The van der Waals surface area contributed by atoms with Gasteiger partial charge in [0.1, 0.15) is 23.9 Å². The van der Waals surface area contributed by atoms with Crippen molar-refractivity contribution >= 4 is 5.78 Å². The lowest BCUT2D eigenvalue weighted by atomic mass is 9.78. The zero-order valence-corrected chi connectivity index (χ0v) is 16.3. The van der Waals surface area contributed by atoms with Crippen LogP contribution >= 0.6 is 0 Å². The minimum absolute atomic E-state index is 0.0603. The quantitative estimate of drug-likeness (QED) is 0.358. The molecule has 1 fully saturated rings. The first-order valence-electron chi connectivity index (χ1n) is 9.36. The molecule has 1 aliphatic rings. The molecular formula is C21H23N3O6. The second-order valence-corrected chi connectivity index (χ2v) is 7.13. The number of carbonyl (C=O) groups is 1. The fourth-order valence-corrected chi connectivity index (χ4v) is 3.72. The van der Waals surface area contributed by atoms with E-state index >= 15 is 0 Å². The number of rotatable bonds is 7. The summed E-state index contributed by atoms with van der Waals surface area (Å²) >= 11 is 0. The third kappa shape index (κ3) is 4.22. The van der Waals surface area contributed by atoms with E-state index in [2.05, 4.69) is 10.0 Å². The normalized spacial score (nSPS) is 29.6. The number of carbonyl (C=O) groups excluding carboxylic acids is 1. The van der Waals surface area contributed by atoms with Gasteiger partial charge in [-0.3, -0.25) is 4.79 Å². The van der Waals surface area contributed by atoms with Crippen LogP contribution in [0.4, 0.5) is 0 Å². The van der Waals surface area contributed by atoms with E-state index in [1.165, 1.54) is 7.11 Å². The van der Waals surface area contributed by atoms with Gasteiger partial charge in [-0.1, -0.05) is 65.8 Å². The van der Waals surface area contributed by atoms with Crippen LogP contribution in [0.3, 0.4) is 0 Å². The lowest BCUT2D eigenvalue weighted by molar-refractivity contribution is -0.298. The average molecular weight is 413 g/mol. The summed E-state index contributed by atoms with van der Waals surface area (Å²) in [7, 11) is 1.26. The molecule has 30 heavy (non-hydrogen) atoms. The molecule has 0 bridgehead atoms. The van der Waals surface area contributed by atoms with Crippen LogP contribution in [-0.2, 0) is 20.7 Å². The maximum absolute atomic E-state index is 12.9. The van der Waals surface area contributed by atoms with Crippen LogP contribution in [0.1, 0.15) is 17.2 Å². The maximum atomic E-state index is 12.9. The third-order valence-corrected chi connectivity index (χ3v) is 5.21. The zero-order chi connectivity index (χ0) is 21.7. The molecule has 0 aromatic heterocycles. The van der Waals surface area contributed by atoms with Crippen LogP contribution in [0, 0.1) is 0 Å². The predicted molar refractivity (Wildman–Crippen MR) is 106 cm³/mol. The Labute approximate surface area is 173 Å². The number of hydrogen-bond donors (Lipinski definition) is 3. The molecular weight excluding hydrogens is 390 g/mol. The van der Waals surface area contributed by atoms with Gasteiger partial charge in [0.2, 0.25) is 0 Å². The molecule has 9 nitrogen and oxygen atoms in total. The summed E-state index contributed by atoms with van der Waals surface area (Å²) in [6, 6.07) is 15.5. The van der Waals surface area contributed by atoms with Crippen molar-refractivity contribution in [2.75, 3.05) is 7.11 Å². The Morgan fingerprint density at radius 1 is 1.23 bits per heavy atom. The summed E-state index contributed by atoms with van der Waals surface area (Å²) in [5, 5.41) is 36.2. The number of Topliss-reactive ketones (excluding diaryl/α,β-unsaturated/α-hetero) is 1. The van der Waals surface area contributed by atoms with Crippen LogP contribution < -0.4 is 0 Å². The topological polar surface area (TPSA) is 145 Å². The zero-order valence-electron chi connectivity index (χ0n) is 16.3. The Morgan fingerprint density at radius 2 is 1.83 bits per heavy atom. The number of benzene rings is 2. The molecule has 3 N–H and O–H groups in total. The molecule has 6 atom stereocenters. The molecule has 2 aromatic rings. The van der Waals surface area contributed by atoms with E-state index in [4.69, 9.17) is 15.0 Å². The first-order valence-corrected chi connectivity index (χ1v) is 9.36. The van der Waals surface area contributed by atoms with Gasteiger partial charge >= 0.3 is 0 Å². The molecule has 158 valence electrons. The lowest BCUT2D eigenvalue weighted by Crippen LogP contribution is -2.68. The number of aliphatic hydroxyl groups is 3. The highest BCUT2D eigenvalue weighted by atomic mass is 16.7. The van der Waals surface area contributed by atoms with E-state index in [1.807, 2.05) is 0 Å². The van der Waals surface area contributed by atoms with Crippen molar-refractivity contribution < 1.29 is 29.6 Å². The molecule has 9 heteroatoms. The number of azide groups is 1. The van der Waals surface area contributed by atoms with Crippen LogP contribution in [0.5, 0.6) is 0 Å². The summed E-state index contributed by atoms with van der Waals surface area (Å²) in [5.41, 5.74) is 8.08. The van der Waals surface area contributed by atoms with Gasteiger partial charge in [-0.15, -0.1) is 0 Å². The Morgan fingerprint density at radius 3 is 2.40 bits per heavy atom. The number of nitrogens with zero attached hydrogens (tertiary/aromatic N) is 3. The molecule has 1 saturated heterocycles. The van der Waals surface area contributed by atoms with Gasteiger partial charge < -0.3 is 24.8 Å². The molecule has 0 aliphatic carbocycles. The summed E-state index contributed by atoms with van der Waals surface area (Å²) < 4.78 is 10.9. The van der Waals surface area contributed by atoms with Crippen molar-refractivity contribution in [3.8, 4) is 0 Å². The standard InChI is InChI=1S/C21H23N3O6/c1-29-20-21(28,12-13-8-4-2-5-9-13)19(23-24-22)17(27)18(30-20)16(26)15(25)14-10-6-3-7-11-14/h2-11,15,17-20,25,27-28H,12H2,1H3/t15?,17-,18-,19-,20+,21-/m1/s1. The Balaban J connectivity index is 1.93. The van der Waals surface area contributed by atoms with Crippen LogP contribution in [0.25, 0.3) is 10.4 Å². The molecule has 2 aromatic carbocycles. The minimum Gasteiger partial charge on any atom is -0.389 e. The van der Waals surface area contributed by atoms with E-state index < -0.39 is 42.0 Å². The summed E-state index contributed by atoms with van der Waals surface area (Å²) in [5.74, 6) is -0.837. The summed E-state index contributed by atoms with van der Waals surface area (Å²) in [4.78, 5) is 15.6. The van der Waals surface area contributed by atoms with Crippen molar-refractivity contribution in [1.82, 2.24) is 0 Å². The third-order valence-electron chi connectivity index (χ3n) is 5.21. The van der Waals surface area contributed by atoms with Crippen molar-refractivity contribution in [3.05, 3.63) is 82.2 Å². The molecule has 0 spiro atoms. The van der Waals surface area contributed by atoms with Crippen LogP contribution in [0.2, 0.25) is 0 Å². The average Bonchev–Trinajstić information content (AvgIpc) is 2.77. The molecule has 0 saturated carbocycles. The number of ketones is 1. The number of hydrogen-bond acceptors (Lipinski definition) is 7. The van der Waals surface area contributed by atoms with Gasteiger partial charge in [0.05, 0.1) is 6.10 Å². The second kappa shape index (κ2) is 9.36. The molecule has 3 rings (SSSR count). The van der Waals surface area contributed by atoms with Gasteiger partial charge in [0, 0.05) is 18.4 Å². The molecule has 0 radical (unpaired) electrons. The highest BCUT2D eigenvalue weighted by Crippen LogP contribution is 2.37. The Kier molecular flexibility index (Phi) is 6.84. The van der Waals surface area contributed by atoms with Crippen molar-refractivity contribution in [2.45, 2.75) is 42.7 Å². The van der Waals surface area contributed by atoms with Gasteiger partial charge in [0.15, 0.2) is 12.1 Å². The monoisotopic (exact) mass is 413 g/mol. The number of aliphatic hydroxyl groups excluding tert-OH is 2. The smallest absolute Gasteiger partial charge is 0.197 e. The minimum atomic E-state index is -1.95. The Hall–Kier alpha value is -2.78. The first kappa shape index (κ1) is 21.9. The molecule has 0 amide bonds. The van der Waals surface area contributed by atoms with E-state index in [0.717, 1.165) is 0 Å².